The summed E-state index contributed by atoms with van der Waals surface area (Å²) < 4.78 is 0. The lowest BCUT2D eigenvalue weighted by Gasteiger charge is -2.33. The van der Waals surface area contributed by atoms with Gasteiger partial charge in [-0.15, -0.1) is 0 Å². The number of imide groups is 1. The number of likely N-dealkylation sites (tertiary alicyclic amines) is 1. The Morgan fingerprint density at radius 3 is 2.39 bits per heavy atom. The topological polar surface area (TPSA) is 70.1 Å². The van der Waals surface area contributed by atoms with Gasteiger partial charge in [0.1, 0.15) is 6.04 Å². The van der Waals surface area contributed by atoms with Crippen molar-refractivity contribution in [2.45, 2.75) is 19.0 Å². The predicted octanol–water partition coefficient (Wildman–Crippen LogP) is 2.26. The second kappa shape index (κ2) is 6.12. The maximum absolute atomic E-state index is 13.4. The van der Waals surface area contributed by atoms with Crippen molar-refractivity contribution in [3.05, 3.63) is 71.3 Å². The molecule has 0 aromatic heterocycles. The second-order valence-electron chi connectivity index (χ2n) is 7.35. The summed E-state index contributed by atoms with van der Waals surface area (Å²) in [5.41, 5.74) is 2.39. The first kappa shape index (κ1) is 16.9. The van der Waals surface area contributed by atoms with Crippen LogP contribution in [0.1, 0.15) is 34.5 Å². The Morgan fingerprint density at radius 1 is 0.964 bits per heavy atom. The van der Waals surface area contributed by atoms with E-state index in [0.29, 0.717) is 12.1 Å². The Bertz CT molecular complexity index is 1020. The summed E-state index contributed by atoms with van der Waals surface area (Å²) in [7, 11) is 0. The Hall–Kier alpha value is -3.28. The molecule has 2 fully saturated rings. The summed E-state index contributed by atoms with van der Waals surface area (Å²) in [6.07, 6.45) is 1.71. The van der Waals surface area contributed by atoms with Crippen molar-refractivity contribution in [2.75, 3.05) is 6.54 Å². The van der Waals surface area contributed by atoms with Gasteiger partial charge in [-0.3, -0.25) is 24.3 Å². The van der Waals surface area contributed by atoms with E-state index < -0.39 is 23.9 Å². The number of hydrogen-bond acceptors (Lipinski definition) is 5. The molecule has 3 aliphatic rings. The van der Waals surface area contributed by atoms with Crippen LogP contribution in [0.15, 0.2) is 59.7 Å². The van der Waals surface area contributed by atoms with Crippen molar-refractivity contribution in [3.63, 3.8) is 0 Å². The molecule has 2 aromatic rings. The zero-order chi connectivity index (χ0) is 19.4. The molecule has 0 unspecified atom stereocenters. The first-order valence-electron chi connectivity index (χ1n) is 9.49. The largest absolute Gasteiger partial charge is 0.292 e. The molecule has 0 radical (unpaired) electrons. The minimum absolute atomic E-state index is 0.172. The van der Waals surface area contributed by atoms with Crippen molar-refractivity contribution < 1.29 is 14.4 Å². The molecule has 3 aliphatic heterocycles. The number of Topliss-reactive ketones (excluding diaryl/α,β-unsaturated/α-hetero) is 1. The van der Waals surface area contributed by atoms with Gasteiger partial charge < -0.3 is 0 Å². The number of rotatable bonds is 3. The Balaban J connectivity index is 1.67. The number of hydrogen-bond donors (Lipinski definition) is 0. The van der Waals surface area contributed by atoms with Gasteiger partial charge in [-0.05, 0) is 18.1 Å². The Kier molecular flexibility index (Phi) is 3.69. The maximum atomic E-state index is 13.4. The lowest BCUT2D eigenvalue weighted by molar-refractivity contribution is -0.141. The molecule has 2 amide bonds. The van der Waals surface area contributed by atoms with Gasteiger partial charge >= 0.3 is 0 Å². The number of carbonyl (C=O) groups excluding carboxylic acids is 3. The van der Waals surface area contributed by atoms with E-state index in [-0.39, 0.29) is 17.6 Å². The van der Waals surface area contributed by atoms with E-state index in [1.807, 2.05) is 30.3 Å². The second-order valence-corrected chi connectivity index (χ2v) is 7.35. The highest BCUT2D eigenvalue weighted by molar-refractivity contribution is 6.12. The summed E-state index contributed by atoms with van der Waals surface area (Å²) in [4.78, 5) is 40.9. The van der Waals surface area contributed by atoms with Gasteiger partial charge in [0.05, 0.1) is 24.1 Å². The van der Waals surface area contributed by atoms with E-state index >= 15 is 0 Å². The molecular weight excluding hydrogens is 354 g/mol. The average molecular weight is 373 g/mol. The van der Waals surface area contributed by atoms with Crippen LogP contribution in [0.4, 0.5) is 0 Å². The molecule has 4 atom stereocenters. The molecule has 0 N–H and O–H groups in total. The average Bonchev–Trinajstić information content (AvgIpc) is 3.21. The van der Waals surface area contributed by atoms with Crippen LogP contribution in [-0.4, -0.2) is 46.3 Å². The van der Waals surface area contributed by atoms with Crippen molar-refractivity contribution in [2.24, 2.45) is 16.9 Å². The lowest BCUT2D eigenvalue weighted by Crippen LogP contribution is -2.44. The molecule has 2 aromatic carbocycles. The van der Waals surface area contributed by atoms with E-state index in [0.717, 1.165) is 11.1 Å². The van der Waals surface area contributed by atoms with Gasteiger partial charge in [-0.2, -0.15) is 5.10 Å². The van der Waals surface area contributed by atoms with Crippen molar-refractivity contribution in [1.82, 2.24) is 9.91 Å². The summed E-state index contributed by atoms with van der Waals surface area (Å²) in [6.45, 7) is 2.10. The molecule has 2 saturated heterocycles. The highest BCUT2D eigenvalue weighted by Crippen LogP contribution is 2.52. The third kappa shape index (κ3) is 2.14. The maximum Gasteiger partial charge on any atom is 0.235 e. The van der Waals surface area contributed by atoms with Crippen LogP contribution in [0.2, 0.25) is 0 Å². The quantitative estimate of drug-likeness (QED) is 0.611. The number of hydrazone groups is 1. The fraction of sp³-hybridized carbons (Fsp3) is 0.273. The number of ketones is 1. The fourth-order valence-corrected chi connectivity index (χ4v) is 4.82. The standard InChI is InChI=1S/C22H19N3O3/c1-2-24-21(27)16-17(22(24)28)19(20(26)13-8-4-3-5-9-13)25-18(16)15-11-7-6-10-14(15)12-23-25/h3-12,16-19H,2H2,1H3/t16-,17-,18+,19+/m1/s1. The highest BCUT2D eigenvalue weighted by Gasteiger charge is 2.64. The number of benzene rings is 2. The number of amides is 2. The molecule has 0 saturated carbocycles. The third-order valence-electron chi connectivity index (χ3n) is 6.03. The molecule has 6 heteroatoms. The van der Waals surface area contributed by atoms with E-state index in [4.69, 9.17) is 0 Å². The van der Waals surface area contributed by atoms with E-state index in [1.54, 1.807) is 42.4 Å². The SMILES string of the molecule is CCN1C(=O)[C@@H]2[C@@H](C1=O)[C@@H]1c3ccccc3C=NN1[C@@H]2C(=O)c1ccccc1. The Labute approximate surface area is 162 Å². The van der Waals surface area contributed by atoms with Crippen molar-refractivity contribution >= 4 is 23.8 Å². The van der Waals surface area contributed by atoms with Gasteiger partial charge in [0.25, 0.3) is 0 Å². The lowest BCUT2D eigenvalue weighted by atomic mass is 9.83. The van der Waals surface area contributed by atoms with Gasteiger partial charge in [0.15, 0.2) is 5.78 Å². The van der Waals surface area contributed by atoms with Crippen LogP contribution in [0.3, 0.4) is 0 Å². The van der Waals surface area contributed by atoms with Gasteiger partial charge in [0, 0.05) is 12.1 Å². The first-order valence-corrected chi connectivity index (χ1v) is 9.49. The van der Waals surface area contributed by atoms with Gasteiger partial charge in [0.2, 0.25) is 11.8 Å². The number of fused-ring (bicyclic) bond motifs is 5. The van der Waals surface area contributed by atoms with Gasteiger partial charge in [-0.25, -0.2) is 0 Å². The summed E-state index contributed by atoms with van der Waals surface area (Å²) in [5.74, 6) is -1.96. The molecular formula is C22H19N3O3. The molecule has 3 heterocycles. The third-order valence-corrected chi connectivity index (χ3v) is 6.03. The normalized spacial score (nSPS) is 27.6. The monoisotopic (exact) mass is 373 g/mol. The fourth-order valence-electron chi connectivity index (χ4n) is 4.82. The Morgan fingerprint density at radius 2 is 1.64 bits per heavy atom. The van der Waals surface area contributed by atoms with Crippen molar-refractivity contribution in [1.29, 1.82) is 0 Å². The molecule has 5 rings (SSSR count). The number of carbonyl (C=O) groups is 3. The molecule has 28 heavy (non-hydrogen) atoms. The van der Waals surface area contributed by atoms with Gasteiger partial charge in [-0.1, -0.05) is 54.6 Å². The molecule has 6 nitrogen and oxygen atoms in total. The highest BCUT2D eigenvalue weighted by atomic mass is 16.2. The molecule has 0 bridgehead atoms. The summed E-state index contributed by atoms with van der Waals surface area (Å²) >= 11 is 0. The van der Waals surface area contributed by atoms with Crippen LogP contribution in [-0.2, 0) is 9.59 Å². The van der Waals surface area contributed by atoms with Crippen LogP contribution in [0.5, 0.6) is 0 Å². The molecule has 0 spiro atoms. The zero-order valence-corrected chi connectivity index (χ0v) is 15.4. The number of nitrogens with zero attached hydrogens (tertiary/aromatic N) is 3. The molecule has 0 aliphatic carbocycles. The predicted molar refractivity (Wildman–Crippen MR) is 103 cm³/mol. The zero-order valence-electron chi connectivity index (χ0n) is 15.4. The minimum atomic E-state index is -0.782. The molecule has 140 valence electrons. The van der Waals surface area contributed by atoms with Crippen LogP contribution in [0, 0.1) is 11.8 Å². The van der Waals surface area contributed by atoms with E-state index in [9.17, 15) is 14.4 Å². The first-order chi connectivity index (χ1) is 13.6. The summed E-state index contributed by atoms with van der Waals surface area (Å²) in [5, 5.41) is 6.22. The van der Waals surface area contributed by atoms with Crippen molar-refractivity contribution in [3.8, 4) is 0 Å². The minimum Gasteiger partial charge on any atom is -0.292 e. The van der Waals surface area contributed by atoms with Crippen LogP contribution < -0.4 is 0 Å². The van der Waals surface area contributed by atoms with E-state index in [1.165, 1.54) is 4.90 Å². The summed E-state index contributed by atoms with van der Waals surface area (Å²) in [6, 6.07) is 15.5. The van der Waals surface area contributed by atoms with E-state index in [2.05, 4.69) is 5.10 Å². The van der Waals surface area contributed by atoms with Crippen LogP contribution in [0.25, 0.3) is 0 Å². The smallest absolute Gasteiger partial charge is 0.235 e. The van der Waals surface area contributed by atoms with Crippen LogP contribution >= 0.6 is 0 Å².